The molecule has 0 aliphatic heterocycles. The summed E-state index contributed by atoms with van der Waals surface area (Å²) in [6, 6.07) is 8.09. The number of hydrogen-bond acceptors (Lipinski definition) is 4. The van der Waals surface area contributed by atoms with Crippen molar-refractivity contribution < 1.29 is 22.7 Å². The van der Waals surface area contributed by atoms with Gasteiger partial charge in [-0.2, -0.15) is 0 Å². The average molecular weight is 409 g/mol. The maximum absolute atomic E-state index is 12.5. The van der Waals surface area contributed by atoms with Crippen LogP contribution < -0.4 is 15.6 Å². The number of carbonyl (C=O) groups is 1. The second-order valence-corrected chi connectivity index (χ2v) is 5.99. The third-order valence-electron chi connectivity index (χ3n) is 3.80. The van der Waals surface area contributed by atoms with Crippen molar-refractivity contribution in [2.24, 2.45) is 5.11 Å². The van der Waals surface area contributed by atoms with E-state index in [1.165, 1.54) is 41.1 Å². The summed E-state index contributed by atoms with van der Waals surface area (Å²) in [5.41, 5.74) is 8.16. The van der Waals surface area contributed by atoms with Crippen LogP contribution in [0, 0.1) is 0 Å². The van der Waals surface area contributed by atoms with Crippen LogP contribution in [0.4, 0.5) is 18.9 Å². The lowest BCUT2D eigenvalue weighted by Gasteiger charge is -2.13. The van der Waals surface area contributed by atoms with Gasteiger partial charge in [0.05, 0.1) is 6.42 Å². The standard InChI is InChI=1S/C18H18F3N5O3/c19-18(20,21)29-15-6-2-1-5-13(15)11-16(27)24-14-7-10-26(17(28)12-14)9-4-3-8-23-25-22/h1-2,5-7,10,12H,3-4,8-9,11H2,(H,24,27). The van der Waals surface area contributed by atoms with E-state index in [1.54, 1.807) is 0 Å². The van der Waals surface area contributed by atoms with Gasteiger partial charge in [-0.05, 0) is 30.5 Å². The van der Waals surface area contributed by atoms with Gasteiger partial charge >= 0.3 is 6.36 Å². The van der Waals surface area contributed by atoms with Crippen LogP contribution in [0.15, 0.2) is 52.5 Å². The second-order valence-electron chi connectivity index (χ2n) is 5.99. The van der Waals surface area contributed by atoms with E-state index in [1.807, 2.05) is 0 Å². The van der Waals surface area contributed by atoms with Crippen molar-refractivity contribution in [2.75, 3.05) is 11.9 Å². The van der Waals surface area contributed by atoms with Crippen LogP contribution in [0.25, 0.3) is 10.4 Å². The summed E-state index contributed by atoms with van der Waals surface area (Å²) in [6.07, 6.45) is -2.44. The zero-order valence-corrected chi connectivity index (χ0v) is 15.2. The van der Waals surface area contributed by atoms with Gasteiger partial charge in [-0.1, -0.05) is 23.3 Å². The van der Waals surface area contributed by atoms with Crippen LogP contribution in [0.5, 0.6) is 5.75 Å². The molecular weight excluding hydrogens is 391 g/mol. The van der Waals surface area contributed by atoms with E-state index in [4.69, 9.17) is 5.53 Å². The lowest BCUT2D eigenvalue weighted by atomic mass is 10.1. The quantitative estimate of drug-likeness (QED) is 0.292. The van der Waals surface area contributed by atoms with Crippen LogP contribution in [-0.4, -0.2) is 23.4 Å². The van der Waals surface area contributed by atoms with Crippen molar-refractivity contribution in [2.45, 2.75) is 32.2 Å². The number of benzene rings is 1. The molecule has 0 fully saturated rings. The molecule has 0 aliphatic rings. The van der Waals surface area contributed by atoms with E-state index < -0.39 is 18.0 Å². The van der Waals surface area contributed by atoms with Crippen molar-refractivity contribution in [3.8, 4) is 5.75 Å². The highest BCUT2D eigenvalue weighted by molar-refractivity contribution is 5.92. The molecular formula is C18H18F3N5O3. The van der Waals surface area contributed by atoms with Crippen LogP contribution in [-0.2, 0) is 17.8 Å². The van der Waals surface area contributed by atoms with Gasteiger partial charge in [0.15, 0.2) is 0 Å². The Balaban J connectivity index is 1.97. The summed E-state index contributed by atoms with van der Waals surface area (Å²) in [5, 5.41) is 5.89. The number of anilines is 1. The van der Waals surface area contributed by atoms with E-state index in [-0.39, 0.29) is 23.2 Å². The summed E-state index contributed by atoms with van der Waals surface area (Å²) in [7, 11) is 0. The van der Waals surface area contributed by atoms with Crippen molar-refractivity contribution in [1.82, 2.24) is 4.57 Å². The van der Waals surface area contributed by atoms with Gasteiger partial charge in [0.2, 0.25) is 5.91 Å². The molecule has 0 radical (unpaired) electrons. The van der Waals surface area contributed by atoms with Gasteiger partial charge < -0.3 is 14.6 Å². The Morgan fingerprint density at radius 2 is 2.00 bits per heavy atom. The van der Waals surface area contributed by atoms with Crippen LogP contribution in [0.1, 0.15) is 18.4 Å². The molecule has 1 amide bonds. The number of ether oxygens (including phenoxy) is 1. The van der Waals surface area contributed by atoms with E-state index in [9.17, 15) is 22.8 Å². The maximum atomic E-state index is 12.5. The van der Waals surface area contributed by atoms with Crippen molar-refractivity contribution >= 4 is 11.6 Å². The summed E-state index contributed by atoms with van der Waals surface area (Å²) in [5.74, 6) is -1.04. The minimum absolute atomic E-state index is 0.0655. The molecule has 0 spiro atoms. The molecule has 2 rings (SSSR count). The molecule has 0 bridgehead atoms. The molecule has 1 N–H and O–H groups in total. The topological polar surface area (TPSA) is 109 Å². The number of rotatable bonds is 9. The van der Waals surface area contributed by atoms with Crippen molar-refractivity contribution in [1.29, 1.82) is 0 Å². The first-order valence-electron chi connectivity index (χ1n) is 8.63. The minimum atomic E-state index is -4.86. The van der Waals surface area contributed by atoms with Gasteiger partial charge in [-0.3, -0.25) is 9.59 Å². The number of nitrogens with one attached hydrogen (secondary N) is 1. The van der Waals surface area contributed by atoms with Crippen LogP contribution in [0.3, 0.4) is 0 Å². The number of nitrogens with zero attached hydrogens (tertiary/aromatic N) is 4. The lowest BCUT2D eigenvalue weighted by Crippen LogP contribution is -2.22. The number of alkyl halides is 3. The molecule has 29 heavy (non-hydrogen) atoms. The number of para-hydroxylation sites is 1. The predicted octanol–water partition coefficient (Wildman–Crippen LogP) is 4.02. The first-order chi connectivity index (χ1) is 13.8. The van der Waals surface area contributed by atoms with E-state index in [2.05, 4.69) is 20.1 Å². The number of azide groups is 1. The third kappa shape index (κ3) is 7.59. The van der Waals surface area contributed by atoms with Gasteiger partial charge in [0.1, 0.15) is 5.75 Å². The Labute approximate surface area is 163 Å². The van der Waals surface area contributed by atoms with Gasteiger partial charge in [-0.25, -0.2) is 0 Å². The van der Waals surface area contributed by atoms with Gasteiger partial charge in [-0.15, -0.1) is 13.2 Å². The first kappa shape index (κ1) is 21.8. The van der Waals surface area contributed by atoms with E-state index in [0.717, 1.165) is 6.07 Å². The van der Waals surface area contributed by atoms with Crippen LogP contribution >= 0.6 is 0 Å². The number of hydrogen-bond donors (Lipinski definition) is 1. The molecule has 1 aromatic heterocycles. The smallest absolute Gasteiger partial charge is 0.405 e. The Morgan fingerprint density at radius 3 is 2.69 bits per heavy atom. The molecule has 0 atom stereocenters. The molecule has 0 aliphatic carbocycles. The SMILES string of the molecule is [N-]=[N+]=NCCCCn1ccc(NC(=O)Cc2ccccc2OC(F)(F)F)cc1=O. The molecule has 0 unspecified atom stereocenters. The Kier molecular flexibility index (Phi) is 7.67. The van der Waals surface area contributed by atoms with Crippen LogP contribution in [0.2, 0.25) is 0 Å². The fourth-order valence-electron chi connectivity index (χ4n) is 2.53. The number of pyridine rings is 1. The summed E-state index contributed by atoms with van der Waals surface area (Å²) >= 11 is 0. The molecule has 1 aromatic carbocycles. The highest BCUT2D eigenvalue weighted by Gasteiger charge is 2.32. The summed E-state index contributed by atoms with van der Waals surface area (Å²) in [4.78, 5) is 26.9. The second kappa shape index (κ2) is 10.2. The van der Waals surface area contributed by atoms with Gasteiger partial charge in [0.25, 0.3) is 5.56 Å². The number of carbonyl (C=O) groups excluding carboxylic acids is 1. The predicted molar refractivity (Wildman–Crippen MR) is 99.4 cm³/mol. The number of aromatic nitrogens is 1. The number of halogens is 3. The highest BCUT2D eigenvalue weighted by atomic mass is 19.4. The molecule has 0 saturated carbocycles. The molecule has 8 nitrogen and oxygen atoms in total. The summed E-state index contributed by atoms with van der Waals surface area (Å²) in [6.45, 7) is 0.773. The van der Waals surface area contributed by atoms with E-state index in [0.29, 0.717) is 25.9 Å². The third-order valence-corrected chi connectivity index (χ3v) is 3.80. The first-order valence-corrected chi connectivity index (χ1v) is 8.63. The lowest BCUT2D eigenvalue weighted by molar-refractivity contribution is -0.274. The monoisotopic (exact) mass is 409 g/mol. The zero-order valence-electron chi connectivity index (χ0n) is 15.2. The molecule has 11 heteroatoms. The number of amides is 1. The fourth-order valence-corrected chi connectivity index (χ4v) is 2.53. The average Bonchev–Trinajstić information content (AvgIpc) is 2.63. The van der Waals surface area contributed by atoms with Gasteiger partial charge in [0, 0.05) is 41.5 Å². The normalized spacial score (nSPS) is 10.9. The number of unbranched alkanes of at least 4 members (excludes halogenated alkanes) is 1. The Bertz CT molecular complexity index is 952. The van der Waals surface area contributed by atoms with E-state index >= 15 is 0 Å². The molecule has 154 valence electrons. The zero-order chi connectivity index (χ0) is 21.3. The fraction of sp³-hybridized carbons (Fsp3) is 0.333. The molecule has 1 heterocycles. The minimum Gasteiger partial charge on any atom is -0.405 e. The molecule has 0 saturated heterocycles. The maximum Gasteiger partial charge on any atom is 0.573 e. The molecule has 2 aromatic rings. The Morgan fingerprint density at radius 1 is 1.24 bits per heavy atom. The summed E-state index contributed by atoms with van der Waals surface area (Å²) < 4.78 is 42.7. The number of aryl methyl sites for hydroxylation is 1. The van der Waals surface area contributed by atoms with Crippen molar-refractivity contribution in [3.63, 3.8) is 0 Å². The largest absolute Gasteiger partial charge is 0.573 e. The Hall–Kier alpha value is -3.46. The van der Waals surface area contributed by atoms with Crippen molar-refractivity contribution in [3.05, 3.63) is 69.0 Å². The highest BCUT2D eigenvalue weighted by Crippen LogP contribution is 2.26.